The number of likely N-dealkylation sites (tertiary alicyclic amines) is 1. The van der Waals surface area contributed by atoms with E-state index >= 15 is 0 Å². The number of hydrogen-bond donors (Lipinski definition) is 0. The number of piperazine rings is 1. The van der Waals surface area contributed by atoms with Gasteiger partial charge in [0.05, 0.1) is 12.0 Å². The van der Waals surface area contributed by atoms with Gasteiger partial charge in [-0.05, 0) is 49.6 Å². The summed E-state index contributed by atoms with van der Waals surface area (Å²) in [6.07, 6.45) is 0.262. The van der Waals surface area contributed by atoms with Gasteiger partial charge >= 0.3 is 0 Å². The van der Waals surface area contributed by atoms with Gasteiger partial charge in [-0.15, -0.1) is 0 Å². The average molecular weight is 434 g/mol. The maximum atomic E-state index is 13.1. The van der Waals surface area contributed by atoms with Crippen molar-refractivity contribution in [3.8, 4) is 0 Å². The molecular weight excluding hydrogens is 402 g/mol. The zero-order valence-corrected chi connectivity index (χ0v) is 19.1. The molecule has 2 aliphatic rings. The van der Waals surface area contributed by atoms with Crippen molar-refractivity contribution in [1.29, 1.82) is 0 Å². The molecule has 0 bridgehead atoms. The van der Waals surface area contributed by atoms with Crippen LogP contribution in [0.4, 0.5) is 0 Å². The number of aryl methyl sites for hydroxylation is 2. The number of rotatable bonds is 4. The number of amides is 3. The molecule has 0 spiro atoms. The summed E-state index contributed by atoms with van der Waals surface area (Å²) in [7, 11) is 0. The highest BCUT2D eigenvalue weighted by molar-refractivity contribution is 5.95. The van der Waals surface area contributed by atoms with Crippen LogP contribution in [0.1, 0.15) is 46.4 Å². The largest absolute Gasteiger partial charge is 0.339 e. The Bertz CT molecular complexity index is 1010. The van der Waals surface area contributed by atoms with E-state index in [4.69, 9.17) is 0 Å². The van der Waals surface area contributed by atoms with Crippen molar-refractivity contribution in [2.45, 2.75) is 33.2 Å². The molecule has 3 amide bonds. The molecular formula is C26H31N3O3. The molecule has 2 atom stereocenters. The maximum absolute atomic E-state index is 13.1. The van der Waals surface area contributed by atoms with Gasteiger partial charge < -0.3 is 14.7 Å². The first-order chi connectivity index (χ1) is 15.3. The number of carbonyl (C=O) groups is 3. The lowest BCUT2D eigenvalue weighted by atomic mass is 10.0. The number of hydrogen-bond acceptors (Lipinski definition) is 3. The third kappa shape index (κ3) is 4.40. The Kier molecular flexibility index (Phi) is 6.31. The van der Waals surface area contributed by atoms with Crippen molar-refractivity contribution >= 4 is 17.7 Å². The van der Waals surface area contributed by atoms with Gasteiger partial charge in [0, 0.05) is 44.7 Å². The van der Waals surface area contributed by atoms with E-state index in [1.807, 2.05) is 84.0 Å². The van der Waals surface area contributed by atoms with Gasteiger partial charge in [-0.25, -0.2) is 0 Å². The first-order valence-corrected chi connectivity index (χ1v) is 11.3. The molecule has 2 unspecified atom stereocenters. The fraction of sp³-hybridized carbons (Fsp3) is 0.423. The molecule has 2 aromatic carbocycles. The maximum Gasteiger partial charge on any atom is 0.253 e. The first-order valence-electron chi connectivity index (χ1n) is 11.3. The normalized spacial score (nSPS) is 19.9. The highest BCUT2D eigenvalue weighted by atomic mass is 16.2. The predicted molar refractivity (Wildman–Crippen MR) is 123 cm³/mol. The Morgan fingerprint density at radius 2 is 1.56 bits per heavy atom. The first kappa shape index (κ1) is 22.1. The molecule has 32 heavy (non-hydrogen) atoms. The number of carbonyl (C=O) groups excluding carboxylic acids is 3. The van der Waals surface area contributed by atoms with Crippen LogP contribution in [-0.4, -0.2) is 65.1 Å². The summed E-state index contributed by atoms with van der Waals surface area (Å²) in [5, 5.41) is 0. The van der Waals surface area contributed by atoms with Crippen LogP contribution in [0.25, 0.3) is 0 Å². The molecule has 6 heteroatoms. The SMILES string of the molecule is Cc1ccc(C(=O)N2CCN(C(=O)C3CC(=O)N(C(C)c4ccccc4)C3)CC2)cc1C. The highest BCUT2D eigenvalue weighted by Crippen LogP contribution is 2.29. The lowest BCUT2D eigenvalue weighted by Crippen LogP contribution is -2.52. The smallest absolute Gasteiger partial charge is 0.253 e. The minimum Gasteiger partial charge on any atom is -0.339 e. The molecule has 2 aromatic rings. The predicted octanol–water partition coefficient (Wildman–Crippen LogP) is 3.20. The minimum absolute atomic E-state index is 0.0131. The monoisotopic (exact) mass is 433 g/mol. The van der Waals surface area contributed by atoms with E-state index in [1.54, 1.807) is 0 Å². The van der Waals surface area contributed by atoms with E-state index in [2.05, 4.69) is 0 Å². The zero-order valence-electron chi connectivity index (χ0n) is 19.1. The molecule has 0 saturated carbocycles. The van der Waals surface area contributed by atoms with Crippen LogP contribution in [0.5, 0.6) is 0 Å². The summed E-state index contributed by atoms with van der Waals surface area (Å²) in [4.78, 5) is 44.1. The Morgan fingerprint density at radius 1 is 0.906 bits per heavy atom. The summed E-state index contributed by atoms with van der Waals surface area (Å²) in [6.45, 7) is 8.55. The van der Waals surface area contributed by atoms with Gasteiger partial charge in [0.1, 0.15) is 0 Å². The van der Waals surface area contributed by atoms with Gasteiger partial charge in [0.2, 0.25) is 11.8 Å². The Balaban J connectivity index is 1.34. The second-order valence-corrected chi connectivity index (χ2v) is 8.95. The van der Waals surface area contributed by atoms with E-state index in [0.29, 0.717) is 38.3 Å². The summed E-state index contributed by atoms with van der Waals surface area (Å²) >= 11 is 0. The summed E-state index contributed by atoms with van der Waals surface area (Å²) < 4.78 is 0. The van der Waals surface area contributed by atoms with E-state index in [0.717, 1.165) is 11.1 Å². The molecule has 2 aliphatic heterocycles. The van der Waals surface area contributed by atoms with Crippen molar-refractivity contribution in [2.24, 2.45) is 5.92 Å². The van der Waals surface area contributed by atoms with Gasteiger partial charge in [-0.1, -0.05) is 36.4 Å². The quantitative estimate of drug-likeness (QED) is 0.744. The van der Waals surface area contributed by atoms with Crippen LogP contribution >= 0.6 is 0 Å². The van der Waals surface area contributed by atoms with Crippen LogP contribution in [0.2, 0.25) is 0 Å². The van der Waals surface area contributed by atoms with Gasteiger partial charge in [-0.2, -0.15) is 0 Å². The van der Waals surface area contributed by atoms with Crippen molar-refractivity contribution in [2.75, 3.05) is 32.7 Å². The second kappa shape index (κ2) is 9.15. The number of benzene rings is 2. The van der Waals surface area contributed by atoms with Crippen molar-refractivity contribution in [1.82, 2.24) is 14.7 Å². The lowest BCUT2D eigenvalue weighted by Gasteiger charge is -2.36. The highest BCUT2D eigenvalue weighted by Gasteiger charge is 2.39. The summed E-state index contributed by atoms with van der Waals surface area (Å²) in [5.74, 6) is -0.239. The van der Waals surface area contributed by atoms with Crippen LogP contribution < -0.4 is 0 Å². The van der Waals surface area contributed by atoms with E-state index in [-0.39, 0.29) is 36.1 Å². The van der Waals surface area contributed by atoms with Gasteiger partial charge in [0.25, 0.3) is 5.91 Å². The molecule has 0 radical (unpaired) electrons. The Labute approximate surface area is 189 Å². The van der Waals surface area contributed by atoms with E-state index in [1.165, 1.54) is 5.56 Å². The van der Waals surface area contributed by atoms with Crippen LogP contribution in [-0.2, 0) is 9.59 Å². The minimum atomic E-state index is -0.310. The molecule has 168 valence electrons. The van der Waals surface area contributed by atoms with Gasteiger partial charge in [0.15, 0.2) is 0 Å². The number of nitrogens with zero attached hydrogens (tertiary/aromatic N) is 3. The molecule has 2 saturated heterocycles. The molecule has 0 N–H and O–H groups in total. The van der Waals surface area contributed by atoms with Crippen molar-refractivity contribution in [3.05, 3.63) is 70.8 Å². The molecule has 4 rings (SSSR count). The molecule has 0 aliphatic carbocycles. The molecule has 2 heterocycles. The Hall–Kier alpha value is -3.15. The summed E-state index contributed by atoms with van der Waals surface area (Å²) in [5.41, 5.74) is 4.04. The lowest BCUT2D eigenvalue weighted by molar-refractivity contribution is -0.137. The molecule has 0 aromatic heterocycles. The van der Waals surface area contributed by atoms with Crippen molar-refractivity contribution in [3.63, 3.8) is 0 Å². The van der Waals surface area contributed by atoms with Crippen LogP contribution in [0, 0.1) is 19.8 Å². The van der Waals surface area contributed by atoms with E-state index < -0.39 is 0 Å². The fourth-order valence-electron chi connectivity index (χ4n) is 4.63. The summed E-state index contributed by atoms with van der Waals surface area (Å²) in [6, 6.07) is 15.6. The topological polar surface area (TPSA) is 60.9 Å². The third-order valence-electron chi connectivity index (χ3n) is 6.89. The fourth-order valence-corrected chi connectivity index (χ4v) is 4.63. The zero-order chi connectivity index (χ0) is 22.8. The Morgan fingerprint density at radius 3 is 2.22 bits per heavy atom. The standard InChI is InChI=1S/C26H31N3O3/c1-18-9-10-22(15-19(18)2)25(31)27-11-13-28(14-12-27)26(32)23-16-24(30)29(17-23)20(3)21-7-5-4-6-8-21/h4-10,15,20,23H,11-14,16-17H2,1-3H3. The molecule has 6 nitrogen and oxygen atoms in total. The molecule has 2 fully saturated rings. The third-order valence-corrected chi connectivity index (χ3v) is 6.89. The van der Waals surface area contributed by atoms with Crippen molar-refractivity contribution < 1.29 is 14.4 Å². The second-order valence-electron chi connectivity index (χ2n) is 8.95. The van der Waals surface area contributed by atoms with Gasteiger partial charge in [-0.3, -0.25) is 14.4 Å². The van der Waals surface area contributed by atoms with Crippen LogP contribution in [0.3, 0.4) is 0 Å². The average Bonchev–Trinajstić information content (AvgIpc) is 3.21. The van der Waals surface area contributed by atoms with Crippen LogP contribution in [0.15, 0.2) is 48.5 Å². The van der Waals surface area contributed by atoms with E-state index in [9.17, 15) is 14.4 Å².